The molecule has 1 N–H and O–H groups in total. The molecule has 0 aliphatic carbocycles. The number of ether oxygens (including phenoxy) is 1. The highest BCUT2D eigenvalue weighted by Crippen LogP contribution is 2.32. The Morgan fingerprint density at radius 2 is 1.96 bits per heavy atom. The van der Waals surface area contributed by atoms with Crippen LogP contribution in [-0.4, -0.2) is 30.5 Å². The zero-order valence-corrected chi connectivity index (χ0v) is 16.5. The number of para-hydroxylation sites is 1. The van der Waals surface area contributed by atoms with Gasteiger partial charge in [0.25, 0.3) is 0 Å². The first-order chi connectivity index (χ1) is 11.5. The summed E-state index contributed by atoms with van der Waals surface area (Å²) < 4.78 is 7.48. The molecule has 0 spiro atoms. The van der Waals surface area contributed by atoms with Crippen LogP contribution in [0.1, 0.15) is 11.1 Å². The number of anilines is 1. The number of amides is 1. The molecule has 1 heterocycles. The minimum atomic E-state index is -0.0420. The molecule has 4 nitrogen and oxygen atoms in total. The van der Waals surface area contributed by atoms with Crippen LogP contribution in [0.15, 0.2) is 45.3 Å². The standard InChI is InChI=1S/C18H18Br2N2O2/c1-12-8-14(19)18(15(20)9-12)21-17(23)11-22-6-7-24-16-5-3-2-4-13(16)10-22/h2-5,8-9H,6-7,10-11H2,1H3,(H,21,23). The lowest BCUT2D eigenvalue weighted by Crippen LogP contribution is -2.34. The van der Waals surface area contributed by atoms with E-state index in [2.05, 4.69) is 42.1 Å². The van der Waals surface area contributed by atoms with E-state index >= 15 is 0 Å². The highest BCUT2D eigenvalue weighted by atomic mass is 79.9. The summed E-state index contributed by atoms with van der Waals surface area (Å²) in [5.74, 6) is 0.865. The number of nitrogens with zero attached hydrogens (tertiary/aromatic N) is 1. The maximum absolute atomic E-state index is 12.5. The van der Waals surface area contributed by atoms with Crippen molar-refractivity contribution in [1.82, 2.24) is 4.90 Å². The highest BCUT2D eigenvalue weighted by molar-refractivity contribution is 9.11. The predicted molar refractivity (Wildman–Crippen MR) is 102 cm³/mol. The molecule has 0 fully saturated rings. The maximum atomic E-state index is 12.5. The summed E-state index contributed by atoms with van der Waals surface area (Å²) >= 11 is 7.01. The zero-order valence-electron chi connectivity index (χ0n) is 13.3. The lowest BCUT2D eigenvalue weighted by atomic mass is 10.2. The molecule has 0 aromatic heterocycles. The van der Waals surface area contributed by atoms with E-state index in [0.717, 1.165) is 38.1 Å². The molecule has 0 bridgehead atoms. The highest BCUT2D eigenvalue weighted by Gasteiger charge is 2.18. The minimum Gasteiger partial charge on any atom is -0.492 e. The van der Waals surface area contributed by atoms with Crippen LogP contribution in [0.2, 0.25) is 0 Å². The van der Waals surface area contributed by atoms with E-state index in [4.69, 9.17) is 4.74 Å². The van der Waals surface area contributed by atoms with Crippen molar-refractivity contribution in [3.8, 4) is 5.75 Å². The van der Waals surface area contributed by atoms with Crippen molar-refractivity contribution in [2.45, 2.75) is 13.5 Å². The molecule has 24 heavy (non-hydrogen) atoms. The Kier molecular flexibility index (Phi) is 5.58. The van der Waals surface area contributed by atoms with E-state index in [0.29, 0.717) is 19.7 Å². The van der Waals surface area contributed by atoms with E-state index in [1.54, 1.807) is 0 Å². The molecular weight excluding hydrogens is 436 g/mol. The summed E-state index contributed by atoms with van der Waals surface area (Å²) in [6, 6.07) is 11.9. The summed E-state index contributed by atoms with van der Waals surface area (Å²) in [5.41, 5.74) is 2.99. The van der Waals surface area contributed by atoms with Crippen LogP contribution in [0.5, 0.6) is 5.75 Å². The zero-order chi connectivity index (χ0) is 17.1. The monoisotopic (exact) mass is 452 g/mol. The van der Waals surface area contributed by atoms with Gasteiger partial charge in [-0.05, 0) is 62.5 Å². The average Bonchev–Trinajstić information content (AvgIpc) is 2.72. The molecule has 0 radical (unpaired) electrons. The molecule has 126 valence electrons. The first kappa shape index (κ1) is 17.5. The Hall–Kier alpha value is -1.37. The van der Waals surface area contributed by atoms with Crippen molar-refractivity contribution in [1.29, 1.82) is 0 Å². The van der Waals surface area contributed by atoms with E-state index in [1.165, 1.54) is 0 Å². The van der Waals surface area contributed by atoms with Gasteiger partial charge < -0.3 is 10.1 Å². The van der Waals surface area contributed by atoms with Gasteiger partial charge in [-0.1, -0.05) is 18.2 Å². The van der Waals surface area contributed by atoms with Gasteiger partial charge in [-0.3, -0.25) is 9.69 Å². The molecule has 0 unspecified atom stereocenters. The maximum Gasteiger partial charge on any atom is 0.238 e. The van der Waals surface area contributed by atoms with Gasteiger partial charge in [0, 0.05) is 27.6 Å². The minimum absolute atomic E-state index is 0.0420. The number of carbonyl (C=O) groups is 1. The van der Waals surface area contributed by atoms with Gasteiger partial charge in [0.1, 0.15) is 12.4 Å². The SMILES string of the molecule is Cc1cc(Br)c(NC(=O)CN2CCOc3ccccc3C2)c(Br)c1. The van der Waals surface area contributed by atoms with Crippen LogP contribution in [0.4, 0.5) is 5.69 Å². The van der Waals surface area contributed by atoms with Crippen molar-refractivity contribution in [3.05, 3.63) is 56.5 Å². The van der Waals surface area contributed by atoms with Gasteiger partial charge in [0.2, 0.25) is 5.91 Å². The van der Waals surface area contributed by atoms with Crippen LogP contribution >= 0.6 is 31.9 Å². The molecule has 6 heteroatoms. The summed E-state index contributed by atoms with van der Waals surface area (Å²) in [4.78, 5) is 14.6. The second-order valence-electron chi connectivity index (χ2n) is 5.82. The fourth-order valence-corrected chi connectivity index (χ4v) is 4.33. The first-order valence-electron chi connectivity index (χ1n) is 7.71. The Morgan fingerprint density at radius 1 is 1.25 bits per heavy atom. The van der Waals surface area contributed by atoms with Crippen LogP contribution < -0.4 is 10.1 Å². The number of benzene rings is 2. The molecule has 2 aromatic carbocycles. The Bertz CT molecular complexity index is 741. The van der Waals surface area contributed by atoms with Crippen molar-refractivity contribution < 1.29 is 9.53 Å². The molecule has 1 aliphatic rings. The van der Waals surface area contributed by atoms with Gasteiger partial charge in [-0.25, -0.2) is 0 Å². The van der Waals surface area contributed by atoms with Crippen molar-refractivity contribution in [2.24, 2.45) is 0 Å². The first-order valence-corrected chi connectivity index (χ1v) is 9.30. The second kappa shape index (κ2) is 7.68. The fourth-order valence-electron chi connectivity index (χ4n) is 2.72. The van der Waals surface area contributed by atoms with Gasteiger partial charge in [0.15, 0.2) is 0 Å². The third kappa shape index (κ3) is 4.18. The topological polar surface area (TPSA) is 41.6 Å². The lowest BCUT2D eigenvalue weighted by molar-refractivity contribution is -0.117. The van der Waals surface area contributed by atoms with Crippen molar-refractivity contribution in [2.75, 3.05) is 25.0 Å². The largest absolute Gasteiger partial charge is 0.492 e. The number of hydrogen-bond acceptors (Lipinski definition) is 3. The van der Waals surface area contributed by atoms with Crippen LogP contribution in [-0.2, 0) is 11.3 Å². The number of hydrogen-bond donors (Lipinski definition) is 1. The molecule has 0 atom stereocenters. The second-order valence-corrected chi connectivity index (χ2v) is 7.53. The van der Waals surface area contributed by atoms with Gasteiger partial charge in [0.05, 0.1) is 12.2 Å². The summed E-state index contributed by atoms with van der Waals surface area (Å²) in [5, 5.41) is 2.98. The lowest BCUT2D eigenvalue weighted by Gasteiger charge is -2.19. The number of rotatable bonds is 3. The quantitative estimate of drug-likeness (QED) is 0.750. The number of nitrogens with one attached hydrogen (secondary N) is 1. The van der Waals surface area contributed by atoms with E-state index in [1.807, 2.05) is 43.3 Å². The Labute approximate surface area is 158 Å². The average molecular weight is 454 g/mol. The van der Waals surface area contributed by atoms with E-state index in [9.17, 15) is 4.79 Å². The summed E-state index contributed by atoms with van der Waals surface area (Å²) in [7, 11) is 0. The Morgan fingerprint density at radius 3 is 2.71 bits per heavy atom. The van der Waals surface area contributed by atoms with Crippen LogP contribution in [0.25, 0.3) is 0 Å². The fraction of sp³-hybridized carbons (Fsp3) is 0.278. The van der Waals surface area contributed by atoms with Gasteiger partial charge in [-0.15, -0.1) is 0 Å². The number of fused-ring (bicyclic) bond motifs is 1. The molecular formula is C18H18Br2N2O2. The van der Waals surface area contributed by atoms with Gasteiger partial charge >= 0.3 is 0 Å². The molecule has 1 amide bonds. The normalized spacial score (nSPS) is 14.5. The van der Waals surface area contributed by atoms with Crippen molar-refractivity contribution >= 4 is 43.5 Å². The third-order valence-electron chi connectivity index (χ3n) is 3.85. The molecule has 0 saturated heterocycles. The molecule has 2 aromatic rings. The predicted octanol–water partition coefficient (Wildman–Crippen LogP) is 4.35. The third-order valence-corrected chi connectivity index (χ3v) is 5.10. The van der Waals surface area contributed by atoms with Crippen LogP contribution in [0, 0.1) is 6.92 Å². The van der Waals surface area contributed by atoms with Crippen LogP contribution in [0.3, 0.4) is 0 Å². The van der Waals surface area contributed by atoms with E-state index < -0.39 is 0 Å². The number of halogens is 2. The molecule has 1 aliphatic heterocycles. The van der Waals surface area contributed by atoms with Crippen molar-refractivity contribution in [3.63, 3.8) is 0 Å². The summed E-state index contributed by atoms with van der Waals surface area (Å²) in [6.07, 6.45) is 0. The smallest absolute Gasteiger partial charge is 0.238 e. The Balaban J connectivity index is 1.67. The number of aryl methyl sites for hydroxylation is 1. The number of carbonyl (C=O) groups excluding carboxylic acids is 1. The molecule has 0 saturated carbocycles. The van der Waals surface area contributed by atoms with E-state index in [-0.39, 0.29) is 5.91 Å². The van der Waals surface area contributed by atoms with Gasteiger partial charge in [-0.2, -0.15) is 0 Å². The molecule has 3 rings (SSSR count). The summed E-state index contributed by atoms with van der Waals surface area (Å²) in [6.45, 7) is 4.35.